The van der Waals surface area contributed by atoms with E-state index in [1.165, 1.54) is 12.1 Å². The molecule has 0 atom stereocenters. The van der Waals surface area contributed by atoms with Gasteiger partial charge >= 0.3 is 0 Å². The molecule has 2 rings (SSSR count). The van der Waals surface area contributed by atoms with E-state index in [1.807, 2.05) is 12.5 Å². The van der Waals surface area contributed by atoms with E-state index in [-0.39, 0.29) is 0 Å². The van der Waals surface area contributed by atoms with Gasteiger partial charge in [0.05, 0.1) is 6.33 Å². The average Bonchev–Trinajstić information content (AvgIpc) is 2.35. The standard InChI is InChI=1S/C9H15N3/c1-2-3-12-7-11-6-9(12)8-4-10-5-8/h6-8,10H,2-5H2,1H3. The van der Waals surface area contributed by atoms with E-state index in [1.54, 1.807) is 0 Å². The molecule has 12 heavy (non-hydrogen) atoms. The highest BCUT2D eigenvalue weighted by Gasteiger charge is 2.21. The summed E-state index contributed by atoms with van der Waals surface area (Å²) in [5, 5.41) is 3.28. The van der Waals surface area contributed by atoms with Gasteiger partial charge in [-0.2, -0.15) is 0 Å². The third-order valence-corrected chi connectivity index (χ3v) is 2.41. The van der Waals surface area contributed by atoms with E-state index >= 15 is 0 Å². The molecule has 1 aromatic rings. The van der Waals surface area contributed by atoms with Gasteiger partial charge in [0.2, 0.25) is 0 Å². The third kappa shape index (κ3) is 1.25. The van der Waals surface area contributed by atoms with Crippen molar-refractivity contribution >= 4 is 0 Å². The molecule has 0 unspecified atom stereocenters. The zero-order valence-electron chi connectivity index (χ0n) is 7.45. The third-order valence-electron chi connectivity index (χ3n) is 2.41. The van der Waals surface area contributed by atoms with E-state index < -0.39 is 0 Å². The lowest BCUT2D eigenvalue weighted by Crippen LogP contribution is -2.40. The first-order valence-corrected chi connectivity index (χ1v) is 4.62. The van der Waals surface area contributed by atoms with Crippen LogP contribution >= 0.6 is 0 Å². The number of aryl methyl sites for hydroxylation is 1. The van der Waals surface area contributed by atoms with Crippen molar-refractivity contribution < 1.29 is 0 Å². The second-order valence-electron chi connectivity index (χ2n) is 3.37. The zero-order valence-corrected chi connectivity index (χ0v) is 7.45. The van der Waals surface area contributed by atoms with E-state index in [0.29, 0.717) is 5.92 Å². The fourth-order valence-electron chi connectivity index (χ4n) is 1.60. The summed E-state index contributed by atoms with van der Waals surface area (Å²) in [6.45, 7) is 5.54. The molecule has 3 nitrogen and oxygen atoms in total. The number of hydrogen-bond donors (Lipinski definition) is 1. The number of aromatic nitrogens is 2. The molecule has 0 radical (unpaired) electrons. The second-order valence-corrected chi connectivity index (χ2v) is 3.37. The minimum atomic E-state index is 0.707. The van der Waals surface area contributed by atoms with Gasteiger partial charge in [-0.3, -0.25) is 0 Å². The van der Waals surface area contributed by atoms with Crippen LogP contribution < -0.4 is 5.32 Å². The molecule has 0 saturated carbocycles. The Morgan fingerprint density at radius 3 is 3.08 bits per heavy atom. The minimum absolute atomic E-state index is 0.707. The van der Waals surface area contributed by atoms with E-state index in [2.05, 4.69) is 21.8 Å². The quantitative estimate of drug-likeness (QED) is 0.723. The second kappa shape index (κ2) is 3.27. The van der Waals surface area contributed by atoms with Crippen LogP contribution in [0.1, 0.15) is 25.0 Å². The molecule has 1 saturated heterocycles. The molecule has 0 bridgehead atoms. The maximum absolute atomic E-state index is 4.18. The highest BCUT2D eigenvalue weighted by Crippen LogP contribution is 2.19. The molecule has 3 heteroatoms. The first-order chi connectivity index (χ1) is 5.92. The summed E-state index contributed by atoms with van der Waals surface area (Å²) < 4.78 is 2.27. The summed E-state index contributed by atoms with van der Waals surface area (Å²) in [5.74, 6) is 0.707. The maximum atomic E-state index is 4.18. The largest absolute Gasteiger partial charge is 0.334 e. The van der Waals surface area contributed by atoms with Gasteiger partial charge < -0.3 is 9.88 Å². The molecule has 66 valence electrons. The summed E-state index contributed by atoms with van der Waals surface area (Å²) >= 11 is 0. The molecule has 0 spiro atoms. The summed E-state index contributed by atoms with van der Waals surface area (Å²) in [4.78, 5) is 4.18. The Labute approximate surface area is 72.8 Å². The number of imidazole rings is 1. The molecular formula is C9H15N3. The van der Waals surface area contributed by atoms with Crippen LogP contribution in [0.5, 0.6) is 0 Å². The molecule has 1 aliphatic rings. The monoisotopic (exact) mass is 165 g/mol. The predicted molar refractivity (Wildman–Crippen MR) is 48.1 cm³/mol. The van der Waals surface area contributed by atoms with E-state index in [0.717, 1.165) is 19.6 Å². The highest BCUT2D eigenvalue weighted by molar-refractivity contribution is 5.11. The van der Waals surface area contributed by atoms with Crippen LogP contribution in [-0.4, -0.2) is 22.6 Å². The summed E-state index contributed by atoms with van der Waals surface area (Å²) in [7, 11) is 0. The van der Waals surface area contributed by atoms with Crippen molar-refractivity contribution in [3.63, 3.8) is 0 Å². The molecule has 0 aromatic carbocycles. The Morgan fingerprint density at radius 1 is 1.67 bits per heavy atom. The molecule has 1 N–H and O–H groups in total. The fraction of sp³-hybridized carbons (Fsp3) is 0.667. The van der Waals surface area contributed by atoms with Gasteiger partial charge in [0.25, 0.3) is 0 Å². The lowest BCUT2D eigenvalue weighted by molar-refractivity contribution is 0.423. The summed E-state index contributed by atoms with van der Waals surface area (Å²) in [6.07, 6.45) is 5.13. The lowest BCUT2D eigenvalue weighted by Gasteiger charge is -2.27. The molecule has 2 heterocycles. The molecule has 0 aliphatic carbocycles. The molecular weight excluding hydrogens is 150 g/mol. The summed E-state index contributed by atoms with van der Waals surface area (Å²) in [6, 6.07) is 0. The van der Waals surface area contributed by atoms with Crippen molar-refractivity contribution in [3.8, 4) is 0 Å². The number of hydrogen-bond acceptors (Lipinski definition) is 2. The minimum Gasteiger partial charge on any atom is -0.334 e. The van der Waals surface area contributed by atoms with Crippen molar-refractivity contribution in [2.45, 2.75) is 25.8 Å². The average molecular weight is 165 g/mol. The van der Waals surface area contributed by atoms with Crippen molar-refractivity contribution in [1.29, 1.82) is 0 Å². The van der Waals surface area contributed by atoms with Crippen LogP contribution in [0.15, 0.2) is 12.5 Å². The Balaban J connectivity index is 2.12. The normalized spacial score (nSPS) is 17.8. The predicted octanol–water partition coefficient (Wildman–Crippen LogP) is 0.980. The van der Waals surface area contributed by atoms with Gasteiger partial charge in [-0.05, 0) is 6.42 Å². The van der Waals surface area contributed by atoms with Crippen LogP contribution in [0.3, 0.4) is 0 Å². The Hall–Kier alpha value is -0.830. The Bertz CT molecular complexity index is 250. The van der Waals surface area contributed by atoms with Crippen LogP contribution in [-0.2, 0) is 6.54 Å². The van der Waals surface area contributed by atoms with Crippen molar-refractivity contribution in [3.05, 3.63) is 18.2 Å². The van der Waals surface area contributed by atoms with Crippen LogP contribution in [0.4, 0.5) is 0 Å². The molecule has 1 aromatic heterocycles. The first kappa shape index (κ1) is 7.80. The van der Waals surface area contributed by atoms with Gasteiger partial charge in [0.15, 0.2) is 0 Å². The Kier molecular flexibility index (Phi) is 2.13. The van der Waals surface area contributed by atoms with E-state index in [4.69, 9.17) is 0 Å². The van der Waals surface area contributed by atoms with Crippen LogP contribution in [0.25, 0.3) is 0 Å². The Morgan fingerprint density at radius 2 is 2.50 bits per heavy atom. The van der Waals surface area contributed by atoms with Gasteiger partial charge in [-0.25, -0.2) is 4.98 Å². The number of nitrogens with one attached hydrogen (secondary N) is 1. The highest BCUT2D eigenvalue weighted by atomic mass is 15.1. The lowest BCUT2D eigenvalue weighted by atomic mass is 10.00. The van der Waals surface area contributed by atoms with Crippen molar-refractivity contribution in [2.75, 3.05) is 13.1 Å². The smallest absolute Gasteiger partial charge is 0.0948 e. The topological polar surface area (TPSA) is 29.9 Å². The molecule has 1 fully saturated rings. The first-order valence-electron chi connectivity index (χ1n) is 4.62. The van der Waals surface area contributed by atoms with Gasteiger partial charge in [0.1, 0.15) is 0 Å². The molecule has 1 aliphatic heterocycles. The van der Waals surface area contributed by atoms with Crippen molar-refractivity contribution in [1.82, 2.24) is 14.9 Å². The van der Waals surface area contributed by atoms with Crippen LogP contribution in [0, 0.1) is 0 Å². The number of nitrogens with zero attached hydrogens (tertiary/aromatic N) is 2. The van der Waals surface area contributed by atoms with Crippen LogP contribution in [0.2, 0.25) is 0 Å². The molecule has 0 amide bonds. The van der Waals surface area contributed by atoms with Crippen molar-refractivity contribution in [2.24, 2.45) is 0 Å². The zero-order chi connectivity index (χ0) is 8.39. The SMILES string of the molecule is CCCn1cncc1C1CNC1. The fourth-order valence-corrected chi connectivity index (χ4v) is 1.60. The van der Waals surface area contributed by atoms with Gasteiger partial charge in [0, 0.05) is 37.4 Å². The van der Waals surface area contributed by atoms with Gasteiger partial charge in [-0.1, -0.05) is 6.92 Å². The maximum Gasteiger partial charge on any atom is 0.0948 e. The summed E-state index contributed by atoms with van der Waals surface area (Å²) in [5.41, 5.74) is 1.40. The van der Waals surface area contributed by atoms with E-state index in [9.17, 15) is 0 Å². The number of rotatable bonds is 3. The van der Waals surface area contributed by atoms with Gasteiger partial charge in [-0.15, -0.1) is 0 Å².